The summed E-state index contributed by atoms with van der Waals surface area (Å²) in [5.74, 6) is 2.07. The van der Waals surface area contributed by atoms with E-state index < -0.39 is 0 Å². The van der Waals surface area contributed by atoms with Crippen molar-refractivity contribution in [1.82, 2.24) is 14.9 Å². The molecule has 2 aromatic rings. The number of rotatable bonds is 3. The van der Waals surface area contributed by atoms with E-state index in [1.54, 1.807) is 6.33 Å². The number of nitrogens with zero attached hydrogens (tertiary/aromatic N) is 6. The second-order valence-corrected chi connectivity index (χ2v) is 7.42. The molecular formula is C19H25ClN6. The van der Waals surface area contributed by atoms with Crippen molar-refractivity contribution in [2.45, 2.75) is 0 Å². The van der Waals surface area contributed by atoms with Crippen molar-refractivity contribution >= 4 is 28.9 Å². The molecule has 138 valence electrons. The molecule has 1 aromatic carbocycles. The Balaban J connectivity index is 1.41. The molecule has 0 spiro atoms. The Kier molecular flexibility index (Phi) is 5.13. The molecule has 0 radical (unpaired) electrons. The van der Waals surface area contributed by atoms with E-state index in [-0.39, 0.29) is 0 Å². The predicted molar refractivity (Wildman–Crippen MR) is 108 cm³/mol. The van der Waals surface area contributed by atoms with Crippen molar-refractivity contribution < 1.29 is 0 Å². The fourth-order valence-corrected chi connectivity index (χ4v) is 3.77. The number of likely N-dealkylation sites (N-methyl/N-ethyl adjacent to an activating group) is 1. The SMILES string of the molecule is CN1CCN(c2cc(N3CCN(c4cccc(Cl)c4)CC3)ncn2)CC1. The Labute approximate surface area is 160 Å². The molecule has 2 aliphatic rings. The maximum atomic E-state index is 6.13. The fraction of sp³-hybridized carbons (Fsp3) is 0.474. The lowest BCUT2D eigenvalue weighted by molar-refractivity contribution is 0.312. The van der Waals surface area contributed by atoms with Gasteiger partial charge in [0.25, 0.3) is 0 Å². The first-order chi connectivity index (χ1) is 12.7. The van der Waals surface area contributed by atoms with Crippen molar-refractivity contribution in [1.29, 1.82) is 0 Å². The minimum atomic E-state index is 0.789. The molecule has 2 fully saturated rings. The van der Waals surface area contributed by atoms with Crippen LogP contribution in [-0.4, -0.2) is 74.3 Å². The summed E-state index contributed by atoms with van der Waals surface area (Å²) in [4.78, 5) is 18.5. The van der Waals surface area contributed by atoms with Crippen molar-refractivity contribution in [2.24, 2.45) is 0 Å². The van der Waals surface area contributed by atoms with Crippen LogP contribution in [0.25, 0.3) is 0 Å². The molecule has 3 heterocycles. The average Bonchev–Trinajstić information content (AvgIpc) is 2.69. The molecule has 2 saturated heterocycles. The van der Waals surface area contributed by atoms with Gasteiger partial charge >= 0.3 is 0 Å². The first-order valence-corrected chi connectivity index (χ1v) is 9.58. The first kappa shape index (κ1) is 17.4. The number of piperazine rings is 2. The van der Waals surface area contributed by atoms with Gasteiger partial charge in [0.1, 0.15) is 18.0 Å². The Bertz CT molecular complexity index is 738. The smallest absolute Gasteiger partial charge is 0.134 e. The summed E-state index contributed by atoms with van der Waals surface area (Å²) in [5.41, 5.74) is 1.19. The molecule has 7 heteroatoms. The van der Waals surface area contributed by atoms with E-state index in [4.69, 9.17) is 11.6 Å². The van der Waals surface area contributed by atoms with Crippen LogP contribution in [0, 0.1) is 0 Å². The third kappa shape index (κ3) is 3.86. The van der Waals surface area contributed by atoms with E-state index in [0.29, 0.717) is 0 Å². The van der Waals surface area contributed by atoms with Crippen molar-refractivity contribution in [3.8, 4) is 0 Å². The average molecular weight is 373 g/mol. The van der Waals surface area contributed by atoms with Gasteiger partial charge in [-0.2, -0.15) is 0 Å². The lowest BCUT2D eigenvalue weighted by atomic mass is 10.2. The highest BCUT2D eigenvalue weighted by molar-refractivity contribution is 6.30. The number of halogens is 1. The molecule has 0 amide bonds. The summed E-state index contributed by atoms with van der Waals surface area (Å²) < 4.78 is 0. The molecule has 0 atom stereocenters. The second kappa shape index (κ2) is 7.68. The molecule has 0 unspecified atom stereocenters. The van der Waals surface area contributed by atoms with E-state index in [1.807, 2.05) is 18.2 Å². The fourth-order valence-electron chi connectivity index (χ4n) is 3.59. The highest BCUT2D eigenvalue weighted by atomic mass is 35.5. The lowest BCUT2D eigenvalue weighted by Crippen LogP contribution is -2.47. The number of benzene rings is 1. The van der Waals surface area contributed by atoms with Crippen LogP contribution >= 0.6 is 11.6 Å². The maximum Gasteiger partial charge on any atom is 0.134 e. The van der Waals surface area contributed by atoms with E-state index >= 15 is 0 Å². The Morgan fingerprint density at radius 1 is 0.769 bits per heavy atom. The van der Waals surface area contributed by atoms with Crippen molar-refractivity contribution in [3.63, 3.8) is 0 Å². The molecule has 0 N–H and O–H groups in total. The van der Waals surface area contributed by atoms with E-state index in [9.17, 15) is 0 Å². The zero-order valence-corrected chi connectivity index (χ0v) is 15.9. The van der Waals surface area contributed by atoms with Gasteiger partial charge in [0.15, 0.2) is 0 Å². The summed E-state index contributed by atoms with van der Waals surface area (Å²) in [6, 6.07) is 10.2. The van der Waals surface area contributed by atoms with Gasteiger partial charge in [-0.05, 0) is 25.2 Å². The van der Waals surface area contributed by atoms with Gasteiger partial charge in [-0.3, -0.25) is 0 Å². The lowest BCUT2D eigenvalue weighted by Gasteiger charge is -2.37. The topological polar surface area (TPSA) is 38.7 Å². The van der Waals surface area contributed by atoms with Crippen LogP contribution in [0.4, 0.5) is 17.3 Å². The second-order valence-electron chi connectivity index (χ2n) is 6.98. The standard InChI is InChI=1S/C19H25ClN6/c1-23-5-7-25(8-6-23)18-14-19(22-15-21-18)26-11-9-24(10-12-26)17-4-2-3-16(20)13-17/h2-4,13-15H,5-12H2,1H3. The van der Waals surface area contributed by atoms with Crippen LogP contribution in [0.15, 0.2) is 36.7 Å². The summed E-state index contributed by atoms with van der Waals surface area (Å²) in [6.07, 6.45) is 1.70. The highest BCUT2D eigenvalue weighted by Crippen LogP contribution is 2.24. The first-order valence-electron chi connectivity index (χ1n) is 9.20. The monoisotopic (exact) mass is 372 g/mol. The summed E-state index contributed by atoms with van der Waals surface area (Å²) in [6.45, 7) is 8.04. The van der Waals surface area contributed by atoms with Crippen LogP contribution in [0.2, 0.25) is 5.02 Å². The van der Waals surface area contributed by atoms with E-state index in [1.165, 1.54) is 5.69 Å². The van der Waals surface area contributed by atoms with Gasteiger partial charge < -0.3 is 19.6 Å². The molecule has 6 nitrogen and oxygen atoms in total. The van der Waals surface area contributed by atoms with E-state index in [2.05, 4.69) is 48.7 Å². The van der Waals surface area contributed by atoms with Crippen LogP contribution in [0.1, 0.15) is 0 Å². The normalized spacial score (nSPS) is 19.1. The van der Waals surface area contributed by atoms with Crippen LogP contribution in [0.3, 0.4) is 0 Å². The molecule has 26 heavy (non-hydrogen) atoms. The van der Waals surface area contributed by atoms with Gasteiger partial charge in [0.2, 0.25) is 0 Å². The molecule has 2 aliphatic heterocycles. The third-order valence-electron chi connectivity index (χ3n) is 5.24. The molecule has 1 aromatic heterocycles. The number of hydrogen-bond donors (Lipinski definition) is 0. The molecule has 0 bridgehead atoms. The minimum Gasteiger partial charge on any atom is -0.368 e. The molecular weight excluding hydrogens is 348 g/mol. The Morgan fingerprint density at radius 3 is 1.96 bits per heavy atom. The number of hydrogen-bond acceptors (Lipinski definition) is 6. The molecule has 0 saturated carbocycles. The summed E-state index contributed by atoms with van der Waals surface area (Å²) in [7, 11) is 2.17. The summed E-state index contributed by atoms with van der Waals surface area (Å²) in [5, 5.41) is 0.789. The Hall–Kier alpha value is -2.05. The minimum absolute atomic E-state index is 0.789. The van der Waals surface area contributed by atoms with Crippen LogP contribution in [-0.2, 0) is 0 Å². The van der Waals surface area contributed by atoms with Crippen LogP contribution < -0.4 is 14.7 Å². The molecule has 0 aliphatic carbocycles. The third-order valence-corrected chi connectivity index (χ3v) is 5.48. The Morgan fingerprint density at radius 2 is 1.35 bits per heavy atom. The van der Waals surface area contributed by atoms with Gasteiger partial charge in [-0.1, -0.05) is 17.7 Å². The molecule has 4 rings (SSSR count). The van der Waals surface area contributed by atoms with Gasteiger partial charge in [0.05, 0.1) is 0 Å². The maximum absolute atomic E-state index is 6.13. The quantitative estimate of drug-likeness (QED) is 0.822. The largest absolute Gasteiger partial charge is 0.368 e. The van der Waals surface area contributed by atoms with Crippen LogP contribution in [0.5, 0.6) is 0 Å². The van der Waals surface area contributed by atoms with Crippen molar-refractivity contribution in [3.05, 3.63) is 41.7 Å². The highest BCUT2D eigenvalue weighted by Gasteiger charge is 2.21. The van der Waals surface area contributed by atoms with Crippen molar-refractivity contribution in [2.75, 3.05) is 74.1 Å². The zero-order valence-electron chi connectivity index (χ0n) is 15.2. The van der Waals surface area contributed by atoms with Gasteiger partial charge in [0, 0.05) is 69.1 Å². The van der Waals surface area contributed by atoms with E-state index in [0.717, 1.165) is 69.0 Å². The predicted octanol–water partition coefficient (Wildman–Crippen LogP) is 2.21. The number of aromatic nitrogens is 2. The number of anilines is 3. The van der Waals surface area contributed by atoms with Gasteiger partial charge in [-0.25, -0.2) is 9.97 Å². The zero-order chi connectivity index (χ0) is 17.9. The van der Waals surface area contributed by atoms with Gasteiger partial charge in [-0.15, -0.1) is 0 Å². The summed E-state index contributed by atoms with van der Waals surface area (Å²) >= 11 is 6.13.